The molecule has 1 aromatic heterocycles. The Labute approximate surface area is 157 Å². The smallest absolute Gasteiger partial charge is 0.228 e. The number of thioether (sulfide) groups is 1. The Hall–Kier alpha value is -2.31. The van der Waals surface area contributed by atoms with E-state index < -0.39 is 0 Å². The molecule has 5 nitrogen and oxygen atoms in total. The summed E-state index contributed by atoms with van der Waals surface area (Å²) in [5.41, 5.74) is 2.83. The summed E-state index contributed by atoms with van der Waals surface area (Å²) in [5.74, 6) is 0.132. The van der Waals surface area contributed by atoms with Crippen LogP contribution in [-0.4, -0.2) is 35.0 Å². The third-order valence-electron chi connectivity index (χ3n) is 4.78. The van der Waals surface area contributed by atoms with Gasteiger partial charge in [0.1, 0.15) is 5.03 Å². The average molecular weight is 366 g/mol. The second-order valence-corrected chi connectivity index (χ2v) is 7.32. The molecular weight excluding hydrogens is 344 g/mol. The number of aromatic nitrogens is 2. The molecule has 0 bridgehead atoms. The molecule has 134 valence electrons. The first kappa shape index (κ1) is 17.1. The number of carbonyl (C=O) groups is 1. The summed E-state index contributed by atoms with van der Waals surface area (Å²) in [7, 11) is 0. The molecule has 0 saturated carbocycles. The minimum absolute atomic E-state index is 0.0419. The third kappa shape index (κ3) is 3.34. The number of piperidine rings is 1. The van der Waals surface area contributed by atoms with Gasteiger partial charge in [0.2, 0.25) is 5.91 Å². The van der Waals surface area contributed by atoms with Crippen LogP contribution in [0.1, 0.15) is 12.8 Å². The molecule has 6 heteroatoms. The van der Waals surface area contributed by atoms with Gasteiger partial charge in [0.05, 0.1) is 17.1 Å². The Balaban J connectivity index is 1.68. The van der Waals surface area contributed by atoms with Gasteiger partial charge < -0.3 is 10.6 Å². The van der Waals surface area contributed by atoms with Gasteiger partial charge in [-0.05, 0) is 56.0 Å². The first-order chi connectivity index (χ1) is 12.8. The molecule has 1 aliphatic heterocycles. The van der Waals surface area contributed by atoms with Crippen LogP contribution in [0.3, 0.4) is 0 Å². The minimum Gasteiger partial charge on any atom is -0.326 e. The van der Waals surface area contributed by atoms with Crippen molar-refractivity contribution in [3.63, 3.8) is 0 Å². The SMILES string of the molecule is CSc1nn(-c2ccccc2)c2cc(NC(=O)C3CCCNC3)ccc12. The van der Waals surface area contributed by atoms with Gasteiger partial charge in [-0.3, -0.25) is 4.79 Å². The molecule has 1 unspecified atom stereocenters. The fourth-order valence-electron chi connectivity index (χ4n) is 3.40. The number of fused-ring (bicyclic) bond motifs is 1. The second-order valence-electron chi connectivity index (χ2n) is 6.52. The molecule has 0 spiro atoms. The summed E-state index contributed by atoms with van der Waals surface area (Å²) >= 11 is 1.63. The second kappa shape index (κ2) is 7.51. The lowest BCUT2D eigenvalue weighted by Gasteiger charge is -2.21. The number of benzene rings is 2. The van der Waals surface area contributed by atoms with Crippen LogP contribution in [-0.2, 0) is 4.79 Å². The number of hydrogen-bond acceptors (Lipinski definition) is 4. The van der Waals surface area contributed by atoms with Crippen LogP contribution in [0, 0.1) is 5.92 Å². The van der Waals surface area contributed by atoms with Gasteiger partial charge in [0, 0.05) is 17.6 Å². The van der Waals surface area contributed by atoms with Gasteiger partial charge in [0.25, 0.3) is 0 Å². The number of nitrogens with zero attached hydrogens (tertiary/aromatic N) is 2. The average Bonchev–Trinajstić information content (AvgIpc) is 3.07. The molecule has 1 atom stereocenters. The van der Waals surface area contributed by atoms with Crippen molar-refractivity contribution >= 4 is 34.3 Å². The van der Waals surface area contributed by atoms with E-state index in [4.69, 9.17) is 5.10 Å². The zero-order valence-electron chi connectivity index (χ0n) is 14.7. The van der Waals surface area contributed by atoms with Crippen molar-refractivity contribution in [3.05, 3.63) is 48.5 Å². The number of anilines is 1. The highest BCUT2D eigenvalue weighted by Crippen LogP contribution is 2.30. The number of hydrogen-bond donors (Lipinski definition) is 2. The lowest BCUT2D eigenvalue weighted by molar-refractivity contribution is -0.120. The number of amides is 1. The van der Waals surface area contributed by atoms with Gasteiger partial charge in [0.15, 0.2) is 0 Å². The molecule has 3 aromatic rings. The van der Waals surface area contributed by atoms with E-state index in [1.165, 1.54) is 0 Å². The first-order valence-corrected chi connectivity index (χ1v) is 10.1. The van der Waals surface area contributed by atoms with Crippen LogP contribution >= 0.6 is 11.8 Å². The molecule has 0 radical (unpaired) electrons. The molecule has 2 N–H and O–H groups in total. The molecule has 0 aliphatic carbocycles. The molecule has 26 heavy (non-hydrogen) atoms. The first-order valence-electron chi connectivity index (χ1n) is 8.90. The van der Waals surface area contributed by atoms with Crippen molar-refractivity contribution in [2.45, 2.75) is 17.9 Å². The standard InChI is InChI=1S/C20H22N4OS/c1-26-20-17-10-9-15(22-19(25)14-6-5-11-21-13-14)12-18(17)24(23-20)16-7-3-2-4-8-16/h2-4,7-10,12,14,21H,5-6,11,13H2,1H3,(H,22,25). The van der Waals surface area contributed by atoms with Crippen LogP contribution in [0.4, 0.5) is 5.69 Å². The van der Waals surface area contributed by atoms with Crippen molar-refractivity contribution < 1.29 is 4.79 Å². The normalized spacial score (nSPS) is 17.3. The Morgan fingerprint density at radius 1 is 1.27 bits per heavy atom. The van der Waals surface area contributed by atoms with E-state index in [0.29, 0.717) is 0 Å². The molecule has 1 amide bonds. The Bertz CT molecular complexity index is 916. The number of nitrogens with one attached hydrogen (secondary N) is 2. The van der Waals surface area contributed by atoms with Crippen LogP contribution in [0.5, 0.6) is 0 Å². The summed E-state index contributed by atoms with van der Waals surface area (Å²) in [6.07, 6.45) is 4.03. The van der Waals surface area contributed by atoms with Crippen LogP contribution in [0.2, 0.25) is 0 Å². The van der Waals surface area contributed by atoms with E-state index >= 15 is 0 Å². The van der Waals surface area contributed by atoms with Crippen molar-refractivity contribution in [2.75, 3.05) is 24.7 Å². The summed E-state index contributed by atoms with van der Waals surface area (Å²) in [6.45, 7) is 1.76. The van der Waals surface area contributed by atoms with Crippen LogP contribution < -0.4 is 10.6 Å². The lowest BCUT2D eigenvalue weighted by Crippen LogP contribution is -2.37. The molecule has 1 aliphatic rings. The minimum atomic E-state index is 0.0419. The summed E-state index contributed by atoms with van der Waals surface area (Å²) in [4.78, 5) is 12.5. The molecule has 1 saturated heterocycles. The number of rotatable bonds is 4. The zero-order valence-corrected chi connectivity index (χ0v) is 15.6. The highest BCUT2D eigenvalue weighted by Gasteiger charge is 2.21. The fraction of sp³-hybridized carbons (Fsp3) is 0.300. The van der Waals surface area contributed by atoms with E-state index in [9.17, 15) is 4.79 Å². The molecule has 2 heterocycles. The highest BCUT2D eigenvalue weighted by atomic mass is 32.2. The van der Waals surface area contributed by atoms with Gasteiger partial charge in [-0.15, -0.1) is 11.8 Å². The van der Waals surface area contributed by atoms with Crippen molar-refractivity contribution in [1.82, 2.24) is 15.1 Å². The monoisotopic (exact) mass is 366 g/mol. The van der Waals surface area contributed by atoms with E-state index in [1.54, 1.807) is 11.8 Å². The molecular formula is C20H22N4OS. The van der Waals surface area contributed by atoms with Gasteiger partial charge in [-0.25, -0.2) is 4.68 Å². The third-order valence-corrected chi connectivity index (χ3v) is 5.46. The quantitative estimate of drug-likeness (QED) is 0.692. The van der Waals surface area contributed by atoms with Crippen molar-refractivity contribution in [2.24, 2.45) is 5.92 Å². The molecule has 2 aromatic carbocycles. The maximum absolute atomic E-state index is 12.5. The summed E-state index contributed by atoms with van der Waals surface area (Å²) in [6, 6.07) is 16.1. The lowest BCUT2D eigenvalue weighted by atomic mass is 9.99. The number of para-hydroxylation sites is 1. The summed E-state index contributed by atoms with van der Waals surface area (Å²) in [5, 5.41) is 13.2. The predicted molar refractivity (Wildman–Crippen MR) is 107 cm³/mol. The fourth-order valence-corrected chi connectivity index (χ4v) is 3.96. The van der Waals surface area contributed by atoms with Crippen LogP contribution in [0.15, 0.2) is 53.6 Å². The Morgan fingerprint density at radius 3 is 2.85 bits per heavy atom. The van der Waals surface area contributed by atoms with E-state index in [0.717, 1.165) is 53.2 Å². The van der Waals surface area contributed by atoms with E-state index in [-0.39, 0.29) is 11.8 Å². The van der Waals surface area contributed by atoms with Crippen LogP contribution in [0.25, 0.3) is 16.6 Å². The number of carbonyl (C=O) groups excluding carboxylic acids is 1. The van der Waals surface area contributed by atoms with E-state index in [2.05, 4.69) is 10.6 Å². The maximum Gasteiger partial charge on any atom is 0.228 e. The van der Waals surface area contributed by atoms with Gasteiger partial charge in [-0.2, -0.15) is 5.10 Å². The summed E-state index contributed by atoms with van der Waals surface area (Å²) < 4.78 is 1.94. The van der Waals surface area contributed by atoms with Gasteiger partial charge >= 0.3 is 0 Å². The van der Waals surface area contributed by atoms with Gasteiger partial charge in [-0.1, -0.05) is 18.2 Å². The molecule has 1 fully saturated rings. The van der Waals surface area contributed by atoms with Crippen molar-refractivity contribution in [1.29, 1.82) is 0 Å². The Morgan fingerprint density at radius 2 is 2.12 bits per heavy atom. The van der Waals surface area contributed by atoms with E-state index in [1.807, 2.05) is 59.5 Å². The van der Waals surface area contributed by atoms with Crippen molar-refractivity contribution in [3.8, 4) is 5.69 Å². The molecule has 4 rings (SSSR count). The zero-order chi connectivity index (χ0) is 17.9. The Kier molecular flexibility index (Phi) is 4.95. The maximum atomic E-state index is 12.5. The predicted octanol–water partition coefficient (Wildman–Crippen LogP) is 3.69. The highest BCUT2D eigenvalue weighted by molar-refractivity contribution is 7.98. The topological polar surface area (TPSA) is 59.0 Å². The largest absolute Gasteiger partial charge is 0.326 e.